The summed E-state index contributed by atoms with van der Waals surface area (Å²) in [7, 11) is 3.96. The van der Waals surface area contributed by atoms with Crippen molar-refractivity contribution in [3.8, 4) is 0 Å². The van der Waals surface area contributed by atoms with Gasteiger partial charge in [0.15, 0.2) is 5.69 Å². The Balaban J connectivity index is 2.81. The van der Waals surface area contributed by atoms with Crippen molar-refractivity contribution >= 4 is 5.97 Å². The molecule has 0 spiro atoms. The molecule has 0 atom stereocenters. The third-order valence-electron chi connectivity index (χ3n) is 2.20. The van der Waals surface area contributed by atoms with Gasteiger partial charge in [-0.2, -0.15) is 5.10 Å². The molecule has 0 aliphatic carbocycles. The van der Waals surface area contributed by atoms with E-state index in [4.69, 9.17) is 5.11 Å². The Bertz CT molecular complexity index is 344. The van der Waals surface area contributed by atoms with Crippen LogP contribution in [0.3, 0.4) is 0 Å². The Morgan fingerprint density at radius 3 is 2.73 bits per heavy atom. The van der Waals surface area contributed by atoms with Crippen LogP contribution < -0.4 is 0 Å². The molecule has 0 amide bonds. The molecule has 5 nitrogen and oxygen atoms in total. The van der Waals surface area contributed by atoms with Crippen LogP contribution in [0.15, 0.2) is 6.07 Å². The van der Waals surface area contributed by atoms with Gasteiger partial charge in [-0.1, -0.05) is 6.92 Å². The van der Waals surface area contributed by atoms with Crippen LogP contribution in [0.25, 0.3) is 0 Å². The fourth-order valence-corrected chi connectivity index (χ4v) is 1.33. The molecule has 1 aromatic heterocycles. The van der Waals surface area contributed by atoms with Gasteiger partial charge in [-0.15, -0.1) is 0 Å². The van der Waals surface area contributed by atoms with E-state index in [0.717, 1.165) is 25.2 Å². The van der Waals surface area contributed by atoms with Gasteiger partial charge in [0.2, 0.25) is 0 Å². The van der Waals surface area contributed by atoms with E-state index in [0.29, 0.717) is 0 Å². The highest BCUT2D eigenvalue weighted by Crippen LogP contribution is 2.05. The van der Waals surface area contributed by atoms with Gasteiger partial charge in [-0.05, 0) is 26.6 Å². The average Bonchev–Trinajstić information content (AvgIpc) is 2.57. The predicted octanol–water partition coefficient (Wildman–Crippen LogP) is 0.705. The van der Waals surface area contributed by atoms with Gasteiger partial charge in [-0.3, -0.25) is 4.68 Å². The highest BCUT2D eigenvalue weighted by molar-refractivity contribution is 5.85. The van der Waals surface area contributed by atoms with Crippen LogP contribution in [0.5, 0.6) is 0 Å². The average molecular weight is 211 g/mol. The largest absolute Gasteiger partial charge is 0.476 e. The third kappa shape index (κ3) is 3.06. The zero-order chi connectivity index (χ0) is 11.4. The number of rotatable bonds is 5. The summed E-state index contributed by atoms with van der Waals surface area (Å²) in [6, 6.07) is 1.64. The van der Waals surface area contributed by atoms with Crippen molar-refractivity contribution in [3.63, 3.8) is 0 Å². The molecule has 0 radical (unpaired) electrons. The number of hydrogen-bond donors (Lipinski definition) is 1. The van der Waals surface area contributed by atoms with Crippen molar-refractivity contribution in [1.29, 1.82) is 0 Å². The second kappa shape index (κ2) is 4.93. The number of carbonyl (C=O) groups is 1. The summed E-state index contributed by atoms with van der Waals surface area (Å²) in [5, 5.41) is 12.9. The minimum absolute atomic E-state index is 0.130. The van der Waals surface area contributed by atoms with Gasteiger partial charge in [-0.25, -0.2) is 4.79 Å². The minimum Gasteiger partial charge on any atom is -0.476 e. The van der Waals surface area contributed by atoms with E-state index in [9.17, 15) is 4.79 Å². The molecule has 0 aliphatic heterocycles. The van der Waals surface area contributed by atoms with Crippen LogP contribution in [0.2, 0.25) is 0 Å². The van der Waals surface area contributed by atoms with E-state index in [-0.39, 0.29) is 5.69 Å². The van der Waals surface area contributed by atoms with E-state index in [2.05, 4.69) is 5.10 Å². The molecule has 1 rings (SSSR count). The highest BCUT2D eigenvalue weighted by atomic mass is 16.4. The summed E-state index contributed by atoms with van der Waals surface area (Å²) in [6.07, 6.45) is 0.799. The number of aromatic carboxylic acids is 1. The Morgan fingerprint density at radius 2 is 2.27 bits per heavy atom. The molecule has 0 fully saturated rings. The maximum Gasteiger partial charge on any atom is 0.356 e. The third-order valence-corrected chi connectivity index (χ3v) is 2.20. The van der Waals surface area contributed by atoms with Crippen LogP contribution in [0.4, 0.5) is 0 Å². The number of aromatic nitrogens is 2. The maximum atomic E-state index is 10.7. The van der Waals surface area contributed by atoms with Crippen molar-refractivity contribution < 1.29 is 9.90 Å². The number of carboxylic acid groups (broad SMARTS) is 1. The number of likely N-dealkylation sites (N-methyl/N-ethyl adjacent to an activating group) is 1. The van der Waals surface area contributed by atoms with Crippen LogP contribution in [-0.4, -0.2) is 46.4 Å². The molecule has 0 aliphatic rings. The zero-order valence-corrected chi connectivity index (χ0v) is 9.40. The van der Waals surface area contributed by atoms with Gasteiger partial charge in [0, 0.05) is 12.2 Å². The van der Waals surface area contributed by atoms with Crippen molar-refractivity contribution in [2.24, 2.45) is 0 Å². The maximum absolute atomic E-state index is 10.7. The first-order valence-corrected chi connectivity index (χ1v) is 4.99. The van der Waals surface area contributed by atoms with E-state index in [1.807, 2.05) is 25.9 Å². The second-order valence-corrected chi connectivity index (χ2v) is 3.71. The lowest BCUT2D eigenvalue weighted by Gasteiger charge is -2.10. The lowest BCUT2D eigenvalue weighted by Crippen LogP contribution is -2.20. The van der Waals surface area contributed by atoms with Gasteiger partial charge >= 0.3 is 5.97 Å². The molecular formula is C10H17N3O2. The fourth-order valence-electron chi connectivity index (χ4n) is 1.33. The molecule has 0 saturated heterocycles. The van der Waals surface area contributed by atoms with Crippen molar-refractivity contribution in [2.45, 2.75) is 19.9 Å². The Hall–Kier alpha value is -1.36. The van der Waals surface area contributed by atoms with Gasteiger partial charge < -0.3 is 10.0 Å². The molecule has 5 heteroatoms. The summed E-state index contributed by atoms with van der Waals surface area (Å²) in [5.41, 5.74) is 1.10. The smallest absolute Gasteiger partial charge is 0.356 e. The van der Waals surface area contributed by atoms with Crippen LogP contribution >= 0.6 is 0 Å². The first-order chi connectivity index (χ1) is 7.04. The normalized spacial score (nSPS) is 10.9. The molecule has 84 valence electrons. The summed E-state index contributed by atoms with van der Waals surface area (Å²) in [6.45, 7) is 3.58. The molecule has 0 unspecified atom stereocenters. The summed E-state index contributed by atoms with van der Waals surface area (Å²) in [4.78, 5) is 12.8. The molecule has 0 bridgehead atoms. The molecular weight excluding hydrogens is 194 g/mol. The Kier molecular flexibility index (Phi) is 3.85. The first-order valence-electron chi connectivity index (χ1n) is 4.99. The monoisotopic (exact) mass is 211 g/mol. The topological polar surface area (TPSA) is 58.4 Å². The number of nitrogens with zero attached hydrogens (tertiary/aromatic N) is 3. The number of aryl methyl sites for hydroxylation is 1. The summed E-state index contributed by atoms with van der Waals surface area (Å²) < 4.78 is 1.77. The molecule has 0 saturated carbocycles. The molecule has 1 heterocycles. The molecule has 0 aromatic carbocycles. The Morgan fingerprint density at radius 1 is 1.60 bits per heavy atom. The highest BCUT2D eigenvalue weighted by Gasteiger charge is 2.11. The molecule has 1 aromatic rings. The van der Waals surface area contributed by atoms with E-state index < -0.39 is 5.97 Å². The van der Waals surface area contributed by atoms with Gasteiger partial charge in [0.1, 0.15) is 0 Å². The molecule has 1 N–H and O–H groups in total. The van der Waals surface area contributed by atoms with Gasteiger partial charge in [0.25, 0.3) is 0 Å². The van der Waals surface area contributed by atoms with Crippen LogP contribution in [-0.2, 0) is 13.0 Å². The quantitative estimate of drug-likeness (QED) is 0.779. The van der Waals surface area contributed by atoms with Crippen molar-refractivity contribution in [1.82, 2.24) is 14.7 Å². The Labute approximate surface area is 89.3 Å². The van der Waals surface area contributed by atoms with Crippen LogP contribution in [0.1, 0.15) is 23.1 Å². The fraction of sp³-hybridized carbons (Fsp3) is 0.600. The van der Waals surface area contributed by atoms with Crippen molar-refractivity contribution in [2.75, 3.05) is 20.6 Å². The van der Waals surface area contributed by atoms with Gasteiger partial charge in [0.05, 0.1) is 6.54 Å². The first kappa shape index (κ1) is 11.7. The SMILES string of the molecule is CCc1cc(C(=O)O)nn1CCN(C)C. The second-order valence-electron chi connectivity index (χ2n) is 3.71. The standard InChI is InChI=1S/C10H17N3O2/c1-4-8-7-9(10(14)15)11-13(8)6-5-12(2)3/h7H,4-6H2,1-3H3,(H,14,15). The molecule has 15 heavy (non-hydrogen) atoms. The van der Waals surface area contributed by atoms with E-state index in [1.165, 1.54) is 0 Å². The predicted molar refractivity (Wildman–Crippen MR) is 57.1 cm³/mol. The summed E-state index contributed by atoms with van der Waals surface area (Å²) >= 11 is 0. The minimum atomic E-state index is -0.965. The number of carboxylic acids is 1. The number of hydrogen-bond acceptors (Lipinski definition) is 3. The zero-order valence-electron chi connectivity index (χ0n) is 9.40. The summed E-state index contributed by atoms with van der Waals surface area (Å²) in [5.74, 6) is -0.965. The van der Waals surface area contributed by atoms with E-state index in [1.54, 1.807) is 10.7 Å². The van der Waals surface area contributed by atoms with Crippen LogP contribution in [0, 0.1) is 0 Å². The lowest BCUT2D eigenvalue weighted by molar-refractivity contribution is 0.0689. The van der Waals surface area contributed by atoms with E-state index >= 15 is 0 Å². The van der Waals surface area contributed by atoms with Crippen molar-refractivity contribution in [3.05, 3.63) is 17.5 Å². The lowest BCUT2D eigenvalue weighted by atomic mass is 10.3.